The summed E-state index contributed by atoms with van der Waals surface area (Å²) >= 11 is 12.2. The average molecular weight is 464 g/mol. The van der Waals surface area contributed by atoms with E-state index in [0.717, 1.165) is 11.1 Å². The van der Waals surface area contributed by atoms with Crippen molar-refractivity contribution in [3.8, 4) is 22.8 Å². The van der Waals surface area contributed by atoms with Crippen LogP contribution in [0.1, 0.15) is 16.1 Å². The van der Waals surface area contributed by atoms with Crippen molar-refractivity contribution >= 4 is 46.0 Å². The molecule has 3 heterocycles. The molecule has 0 bridgehead atoms. The first kappa shape index (κ1) is 20.3. The Balaban J connectivity index is 1.36. The van der Waals surface area contributed by atoms with E-state index >= 15 is 0 Å². The molecule has 1 amide bonds. The Morgan fingerprint density at radius 3 is 2.66 bits per heavy atom. The number of benzene rings is 2. The molecule has 0 unspecified atom stereocenters. The van der Waals surface area contributed by atoms with Gasteiger partial charge in [-0.3, -0.25) is 4.79 Å². The second kappa shape index (κ2) is 8.15. The fourth-order valence-electron chi connectivity index (χ4n) is 3.31. The van der Waals surface area contributed by atoms with Gasteiger partial charge in [-0.2, -0.15) is 4.98 Å². The second-order valence-electron chi connectivity index (χ2n) is 7.12. The standard InChI is InChI=1S/C24H15Cl2N3O3/c1-13-11-14(24-29-22-20(32-24)3-2-10-27-22)4-7-18(13)28-23(30)21-9-8-19(31-21)16-6-5-15(25)12-17(16)26/h2-12H,1H3,(H,28,30). The van der Waals surface area contributed by atoms with Gasteiger partial charge in [0.25, 0.3) is 5.91 Å². The summed E-state index contributed by atoms with van der Waals surface area (Å²) in [5.41, 5.74) is 4.10. The van der Waals surface area contributed by atoms with Gasteiger partial charge in [0, 0.05) is 28.0 Å². The van der Waals surface area contributed by atoms with Crippen LogP contribution in [0.3, 0.4) is 0 Å². The van der Waals surface area contributed by atoms with Crippen molar-refractivity contribution in [3.63, 3.8) is 0 Å². The number of aromatic nitrogens is 2. The summed E-state index contributed by atoms with van der Waals surface area (Å²) in [6.45, 7) is 1.89. The molecule has 6 nitrogen and oxygen atoms in total. The van der Waals surface area contributed by atoms with Crippen LogP contribution in [-0.4, -0.2) is 15.9 Å². The lowest BCUT2D eigenvalue weighted by atomic mass is 10.1. The molecule has 3 aromatic heterocycles. The molecule has 0 fully saturated rings. The molecule has 2 aromatic carbocycles. The molecule has 5 rings (SSSR count). The van der Waals surface area contributed by atoms with Crippen molar-refractivity contribution in [1.82, 2.24) is 9.97 Å². The Labute approximate surface area is 192 Å². The number of rotatable bonds is 4. The van der Waals surface area contributed by atoms with E-state index in [4.69, 9.17) is 32.0 Å². The number of carbonyl (C=O) groups is 1. The van der Waals surface area contributed by atoms with Crippen LogP contribution in [-0.2, 0) is 0 Å². The number of nitrogens with one attached hydrogen (secondary N) is 1. The molecule has 0 aliphatic carbocycles. The van der Waals surface area contributed by atoms with Crippen molar-refractivity contribution in [3.05, 3.63) is 88.2 Å². The highest BCUT2D eigenvalue weighted by atomic mass is 35.5. The van der Waals surface area contributed by atoms with Crippen molar-refractivity contribution in [2.75, 3.05) is 5.32 Å². The normalized spacial score (nSPS) is 11.1. The van der Waals surface area contributed by atoms with Crippen molar-refractivity contribution < 1.29 is 13.6 Å². The lowest BCUT2D eigenvalue weighted by Crippen LogP contribution is -2.11. The number of aryl methyl sites for hydroxylation is 1. The molecule has 5 aromatic rings. The smallest absolute Gasteiger partial charge is 0.291 e. The Morgan fingerprint density at radius 2 is 1.88 bits per heavy atom. The third-order valence-electron chi connectivity index (χ3n) is 4.91. The predicted octanol–water partition coefficient (Wildman–Crippen LogP) is 7.02. The number of amides is 1. The number of carbonyl (C=O) groups excluding carboxylic acids is 1. The van der Waals surface area contributed by atoms with Crippen LogP contribution in [0.25, 0.3) is 34.0 Å². The van der Waals surface area contributed by atoms with E-state index in [0.29, 0.717) is 44.2 Å². The molecule has 32 heavy (non-hydrogen) atoms. The zero-order valence-corrected chi connectivity index (χ0v) is 18.2. The molecule has 0 saturated heterocycles. The topological polar surface area (TPSA) is 81.2 Å². The number of anilines is 1. The van der Waals surface area contributed by atoms with Crippen molar-refractivity contribution in [1.29, 1.82) is 0 Å². The van der Waals surface area contributed by atoms with Crippen molar-refractivity contribution in [2.24, 2.45) is 0 Å². The number of pyridine rings is 1. The van der Waals surface area contributed by atoms with Crippen LogP contribution < -0.4 is 5.32 Å². The first-order chi connectivity index (χ1) is 15.5. The monoisotopic (exact) mass is 463 g/mol. The lowest BCUT2D eigenvalue weighted by molar-refractivity contribution is 0.0997. The highest BCUT2D eigenvalue weighted by Crippen LogP contribution is 2.32. The molecule has 0 atom stereocenters. The molecule has 1 N–H and O–H groups in total. The number of furan rings is 1. The first-order valence-electron chi connectivity index (χ1n) is 9.67. The highest BCUT2D eigenvalue weighted by Gasteiger charge is 2.16. The molecule has 0 aliphatic heterocycles. The van der Waals surface area contributed by atoms with Gasteiger partial charge in [-0.25, -0.2) is 4.98 Å². The third-order valence-corrected chi connectivity index (χ3v) is 5.46. The fourth-order valence-corrected chi connectivity index (χ4v) is 3.81. The molecule has 0 aliphatic rings. The molecule has 0 saturated carbocycles. The minimum Gasteiger partial charge on any atom is -0.451 e. The SMILES string of the molecule is Cc1cc(-c2nc3ncccc3o2)ccc1NC(=O)c1ccc(-c2ccc(Cl)cc2Cl)o1. The van der Waals surface area contributed by atoms with Gasteiger partial charge in [-0.05, 0) is 73.2 Å². The fraction of sp³-hybridized carbons (Fsp3) is 0.0417. The summed E-state index contributed by atoms with van der Waals surface area (Å²) in [6, 6.07) is 17.5. The summed E-state index contributed by atoms with van der Waals surface area (Å²) in [5.74, 6) is 0.742. The van der Waals surface area contributed by atoms with Gasteiger partial charge in [-0.1, -0.05) is 23.2 Å². The van der Waals surface area contributed by atoms with Gasteiger partial charge < -0.3 is 14.2 Å². The molecule has 158 valence electrons. The maximum atomic E-state index is 12.7. The lowest BCUT2D eigenvalue weighted by Gasteiger charge is -2.08. The average Bonchev–Trinajstić information content (AvgIpc) is 3.42. The maximum Gasteiger partial charge on any atom is 0.291 e. The quantitative estimate of drug-likeness (QED) is 0.309. The van der Waals surface area contributed by atoms with Crippen molar-refractivity contribution in [2.45, 2.75) is 6.92 Å². The summed E-state index contributed by atoms with van der Waals surface area (Å²) in [6.07, 6.45) is 1.67. The van der Waals surface area contributed by atoms with E-state index in [-0.39, 0.29) is 11.7 Å². The van der Waals surface area contributed by atoms with Gasteiger partial charge in [0.15, 0.2) is 17.0 Å². The van der Waals surface area contributed by atoms with Gasteiger partial charge in [0.05, 0.1) is 5.02 Å². The van der Waals surface area contributed by atoms with E-state index < -0.39 is 0 Å². The van der Waals surface area contributed by atoms with Crippen LogP contribution in [0.4, 0.5) is 5.69 Å². The maximum absolute atomic E-state index is 12.7. The van der Waals surface area contributed by atoms with Crippen LogP contribution in [0, 0.1) is 6.92 Å². The number of hydrogen-bond donors (Lipinski definition) is 1. The van der Waals surface area contributed by atoms with E-state index in [1.54, 1.807) is 48.7 Å². The predicted molar refractivity (Wildman–Crippen MR) is 124 cm³/mol. The third kappa shape index (κ3) is 3.86. The number of nitrogens with zero attached hydrogens (tertiary/aromatic N) is 2. The van der Waals surface area contributed by atoms with Gasteiger partial charge >= 0.3 is 0 Å². The molecule has 0 spiro atoms. The second-order valence-corrected chi connectivity index (χ2v) is 7.96. The van der Waals surface area contributed by atoms with Crippen LogP contribution in [0.5, 0.6) is 0 Å². The number of hydrogen-bond acceptors (Lipinski definition) is 5. The van der Waals surface area contributed by atoms with Gasteiger partial charge in [-0.15, -0.1) is 0 Å². The van der Waals surface area contributed by atoms with E-state index in [9.17, 15) is 4.79 Å². The minimum atomic E-state index is -0.372. The summed E-state index contributed by atoms with van der Waals surface area (Å²) in [4.78, 5) is 21.3. The largest absolute Gasteiger partial charge is 0.451 e. The summed E-state index contributed by atoms with van der Waals surface area (Å²) < 4.78 is 11.5. The van der Waals surface area contributed by atoms with E-state index in [1.807, 2.05) is 25.1 Å². The molecule has 8 heteroatoms. The van der Waals surface area contributed by atoms with E-state index in [2.05, 4.69) is 15.3 Å². The number of fused-ring (bicyclic) bond motifs is 1. The molecule has 0 radical (unpaired) electrons. The minimum absolute atomic E-state index is 0.166. The number of oxazole rings is 1. The first-order valence-corrected chi connectivity index (χ1v) is 10.4. The highest BCUT2D eigenvalue weighted by molar-refractivity contribution is 6.36. The Hall–Kier alpha value is -3.61. The zero-order chi connectivity index (χ0) is 22.2. The molecular weight excluding hydrogens is 449 g/mol. The van der Waals surface area contributed by atoms with Crippen LogP contribution >= 0.6 is 23.2 Å². The van der Waals surface area contributed by atoms with E-state index in [1.165, 1.54) is 0 Å². The van der Waals surface area contributed by atoms with Crippen LogP contribution in [0.15, 0.2) is 75.7 Å². The summed E-state index contributed by atoms with van der Waals surface area (Å²) in [7, 11) is 0. The zero-order valence-electron chi connectivity index (χ0n) is 16.7. The van der Waals surface area contributed by atoms with Crippen LogP contribution in [0.2, 0.25) is 10.0 Å². The Morgan fingerprint density at radius 1 is 1.00 bits per heavy atom. The molecular formula is C24H15Cl2N3O3. The Kier molecular flexibility index (Phi) is 5.17. The van der Waals surface area contributed by atoms with Gasteiger partial charge in [0.2, 0.25) is 5.89 Å². The van der Waals surface area contributed by atoms with Gasteiger partial charge in [0.1, 0.15) is 5.76 Å². The Bertz CT molecular complexity index is 1440. The number of halogens is 2. The summed E-state index contributed by atoms with van der Waals surface area (Å²) in [5, 5.41) is 3.84.